The fourth-order valence-corrected chi connectivity index (χ4v) is 5.71. The van der Waals surface area contributed by atoms with E-state index in [-0.39, 0.29) is 11.7 Å². The molecule has 9 nitrogen and oxygen atoms in total. The fourth-order valence-electron chi connectivity index (χ4n) is 5.71. The SMILES string of the molecule is Cc1cc(C)c2[nH]c(=O)c([C@@H](c3nnnn3C[C@@H]3CCCO3)N(Cc3ccccc3)Cc3cccnc3)cc2c1. The molecule has 1 aliphatic rings. The summed E-state index contributed by atoms with van der Waals surface area (Å²) in [5.41, 5.74) is 5.62. The maximum atomic E-state index is 13.9. The average molecular weight is 536 g/mol. The first kappa shape index (κ1) is 26.0. The fraction of sp³-hybridized carbons (Fsp3) is 0.323. The largest absolute Gasteiger partial charge is 0.376 e. The molecule has 3 aromatic heterocycles. The van der Waals surface area contributed by atoms with Gasteiger partial charge in [0.15, 0.2) is 5.82 Å². The second-order valence-electron chi connectivity index (χ2n) is 10.6. The lowest BCUT2D eigenvalue weighted by molar-refractivity contribution is 0.0903. The van der Waals surface area contributed by atoms with Crippen LogP contribution in [-0.4, -0.2) is 47.8 Å². The van der Waals surface area contributed by atoms with Crippen LogP contribution in [0.1, 0.15) is 52.5 Å². The summed E-state index contributed by atoms with van der Waals surface area (Å²) < 4.78 is 7.73. The van der Waals surface area contributed by atoms with Gasteiger partial charge in [-0.1, -0.05) is 48.0 Å². The van der Waals surface area contributed by atoms with E-state index in [0.29, 0.717) is 31.0 Å². The van der Waals surface area contributed by atoms with Crippen LogP contribution in [0.25, 0.3) is 10.9 Å². The zero-order valence-electron chi connectivity index (χ0n) is 22.8. The van der Waals surface area contributed by atoms with Crippen molar-refractivity contribution in [2.75, 3.05) is 6.61 Å². The van der Waals surface area contributed by atoms with E-state index in [1.54, 1.807) is 6.20 Å². The quantitative estimate of drug-likeness (QED) is 0.297. The third kappa shape index (κ3) is 5.57. The molecular weight excluding hydrogens is 502 g/mol. The third-order valence-electron chi connectivity index (χ3n) is 7.52. The molecule has 1 saturated heterocycles. The summed E-state index contributed by atoms with van der Waals surface area (Å²) in [7, 11) is 0. The van der Waals surface area contributed by atoms with Crippen molar-refractivity contribution < 1.29 is 4.74 Å². The Labute approximate surface area is 232 Å². The highest BCUT2D eigenvalue weighted by Gasteiger charge is 2.32. The summed E-state index contributed by atoms with van der Waals surface area (Å²) in [4.78, 5) is 23.6. The van der Waals surface area contributed by atoms with E-state index >= 15 is 0 Å². The molecule has 6 rings (SSSR count). The van der Waals surface area contributed by atoms with Crippen LogP contribution in [0.4, 0.5) is 0 Å². The van der Waals surface area contributed by atoms with Crippen LogP contribution in [-0.2, 0) is 24.4 Å². The average Bonchev–Trinajstić information content (AvgIpc) is 3.64. The Morgan fingerprint density at radius 3 is 2.67 bits per heavy atom. The number of rotatable bonds is 9. The molecule has 0 radical (unpaired) electrons. The molecule has 0 saturated carbocycles. The molecule has 1 aliphatic heterocycles. The van der Waals surface area contributed by atoms with Crippen molar-refractivity contribution in [2.24, 2.45) is 0 Å². The molecule has 2 aromatic carbocycles. The molecule has 2 atom stereocenters. The number of fused-ring (bicyclic) bond motifs is 1. The number of pyridine rings is 2. The van der Waals surface area contributed by atoms with Crippen molar-refractivity contribution in [2.45, 2.75) is 58.5 Å². The second-order valence-corrected chi connectivity index (χ2v) is 10.6. The second kappa shape index (κ2) is 11.5. The Morgan fingerprint density at radius 1 is 1.07 bits per heavy atom. The molecule has 9 heteroatoms. The van der Waals surface area contributed by atoms with E-state index in [0.717, 1.165) is 52.6 Å². The molecule has 0 amide bonds. The van der Waals surface area contributed by atoms with Crippen molar-refractivity contribution in [3.05, 3.63) is 117 Å². The third-order valence-corrected chi connectivity index (χ3v) is 7.52. The maximum absolute atomic E-state index is 13.9. The molecule has 0 bridgehead atoms. The smallest absolute Gasteiger partial charge is 0.253 e. The number of ether oxygens (including phenoxy) is 1. The number of aromatic amines is 1. The highest BCUT2D eigenvalue weighted by molar-refractivity contribution is 5.83. The maximum Gasteiger partial charge on any atom is 0.253 e. The summed E-state index contributed by atoms with van der Waals surface area (Å²) in [6, 6.07) is 19.9. The lowest BCUT2D eigenvalue weighted by Crippen LogP contribution is -2.35. The van der Waals surface area contributed by atoms with Gasteiger partial charge in [-0.05, 0) is 77.4 Å². The molecule has 1 fully saturated rings. The zero-order valence-corrected chi connectivity index (χ0v) is 22.8. The zero-order chi connectivity index (χ0) is 27.5. The van der Waals surface area contributed by atoms with Gasteiger partial charge in [-0.2, -0.15) is 0 Å². The van der Waals surface area contributed by atoms with Gasteiger partial charge in [0, 0.05) is 37.7 Å². The highest BCUT2D eigenvalue weighted by atomic mass is 16.5. The van der Waals surface area contributed by atoms with Gasteiger partial charge in [0.1, 0.15) is 6.04 Å². The van der Waals surface area contributed by atoms with Crippen molar-refractivity contribution in [1.29, 1.82) is 0 Å². The summed E-state index contributed by atoms with van der Waals surface area (Å²) in [5, 5.41) is 14.0. The topological polar surface area (TPSA) is 102 Å². The van der Waals surface area contributed by atoms with Gasteiger partial charge in [-0.3, -0.25) is 14.7 Å². The lowest BCUT2D eigenvalue weighted by atomic mass is 9.99. The van der Waals surface area contributed by atoms with Gasteiger partial charge in [0.2, 0.25) is 0 Å². The Morgan fingerprint density at radius 2 is 1.90 bits per heavy atom. The minimum absolute atomic E-state index is 0.0454. The first-order valence-corrected chi connectivity index (χ1v) is 13.7. The molecule has 204 valence electrons. The number of H-pyrrole nitrogens is 1. The van der Waals surface area contributed by atoms with E-state index < -0.39 is 6.04 Å². The van der Waals surface area contributed by atoms with Crippen molar-refractivity contribution in [1.82, 2.24) is 35.1 Å². The Balaban J connectivity index is 1.52. The summed E-state index contributed by atoms with van der Waals surface area (Å²) in [6.07, 6.45) is 5.66. The van der Waals surface area contributed by atoms with Crippen molar-refractivity contribution in [3.63, 3.8) is 0 Å². The van der Waals surface area contributed by atoms with Crippen molar-refractivity contribution >= 4 is 10.9 Å². The molecular formula is C31H33N7O2. The molecule has 0 unspecified atom stereocenters. The van der Waals surface area contributed by atoms with Crippen LogP contribution in [0, 0.1) is 13.8 Å². The van der Waals surface area contributed by atoms with Crippen LogP contribution in [0.5, 0.6) is 0 Å². The Kier molecular flexibility index (Phi) is 7.48. The number of tetrazole rings is 1. The minimum atomic E-state index is -0.522. The first-order valence-electron chi connectivity index (χ1n) is 13.7. The van der Waals surface area contributed by atoms with Gasteiger partial charge in [0.25, 0.3) is 5.56 Å². The van der Waals surface area contributed by atoms with Gasteiger partial charge in [-0.15, -0.1) is 5.10 Å². The monoisotopic (exact) mass is 535 g/mol. The summed E-state index contributed by atoms with van der Waals surface area (Å²) >= 11 is 0. The first-order chi connectivity index (χ1) is 19.5. The van der Waals surface area contributed by atoms with Crippen LogP contribution < -0.4 is 5.56 Å². The molecule has 1 N–H and O–H groups in total. The Bertz CT molecular complexity index is 1600. The number of nitrogens with one attached hydrogen (secondary N) is 1. The number of benzene rings is 2. The molecule has 0 aliphatic carbocycles. The van der Waals surface area contributed by atoms with Gasteiger partial charge in [0.05, 0.1) is 18.2 Å². The molecule has 0 spiro atoms. The van der Waals surface area contributed by atoms with E-state index in [1.807, 2.05) is 48.1 Å². The number of aryl methyl sites for hydroxylation is 2. The van der Waals surface area contributed by atoms with Crippen LogP contribution in [0.2, 0.25) is 0 Å². The standard InChI is InChI=1S/C31H33N7O2/c1-21-14-22(2)28-25(15-21)16-27(31(39)33-28)29(30-34-35-36-38(30)20-26-11-7-13-40-26)37(18-23-8-4-3-5-9-23)19-24-10-6-12-32-17-24/h3-6,8-10,12,14-17,26,29H,7,11,13,18-20H2,1-2H3,(H,33,39)/t26-,29-/m0/s1. The Hall–Kier alpha value is -4.21. The molecule has 5 aromatic rings. The van der Waals surface area contributed by atoms with Gasteiger partial charge in [-0.25, -0.2) is 4.68 Å². The van der Waals surface area contributed by atoms with E-state index in [4.69, 9.17) is 4.74 Å². The predicted molar refractivity (Wildman–Crippen MR) is 153 cm³/mol. The van der Waals surface area contributed by atoms with E-state index in [2.05, 4.69) is 67.6 Å². The van der Waals surface area contributed by atoms with Crippen LogP contribution >= 0.6 is 0 Å². The number of aromatic nitrogens is 6. The normalized spacial score (nSPS) is 16.1. The highest BCUT2D eigenvalue weighted by Crippen LogP contribution is 2.31. The molecule has 40 heavy (non-hydrogen) atoms. The minimum Gasteiger partial charge on any atom is -0.376 e. The molecule has 4 heterocycles. The van der Waals surface area contributed by atoms with Gasteiger partial charge >= 0.3 is 0 Å². The van der Waals surface area contributed by atoms with E-state index in [1.165, 1.54) is 0 Å². The summed E-state index contributed by atoms with van der Waals surface area (Å²) in [5.74, 6) is 0.615. The lowest BCUT2D eigenvalue weighted by Gasteiger charge is -2.31. The number of hydrogen-bond donors (Lipinski definition) is 1. The van der Waals surface area contributed by atoms with E-state index in [9.17, 15) is 4.79 Å². The van der Waals surface area contributed by atoms with Crippen molar-refractivity contribution in [3.8, 4) is 0 Å². The number of hydrogen-bond acceptors (Lipinski definition) is 7. The van der Waals surface area contributed by atoms with Crippen LogP contribution in [0.3, 0.4) is 0 Å². The summed E-state index contributed by atoms with van der Waals surface area (Å²) in [6.45, 7) is 6.50. The predicted octanol–water partition coefficient (Wildman–Crippen LogP) is 4.50. The van der Waals surface area contributed by atoms with Crippen LogP contribution in [0.15, 0.2) is 77.9 Å². The van der Waals surface area contributed by atoms with Gasteiger partial charge < -0.3 is 9.72 Å². The number of nitrogens with zero attached hydrogens (tertiary/aromatic N) is 6.